The molecular weight excluding hydrogens is 272 g/mol. The van der Waals surface area contributed by atoms with Crippen LogP contribution in [0, 0.1) is 0 Å². The Hall–Kier alpha value is -1.63. The molecule has 0 saturated carbocycles. The molecule has 0 aliphatic rings. The van der Waals surface area contributed by atoms with E-state index in [0.29, 0.717) is 13.2 Å². The fourth-order valence-corrected chi connectivity index (χ4v) is 1.34. The van der Waals surface area contributed by atoms with Crippen LogP contribution in [0.15, 0.2) is 0 Å². The predicted molar refractivity (Wildman–Crippen MR) is 70.3 cm³/mol. The molecule has 0 radical (unpaired) electrons. The van der Waals surface area contributed by atoms with Crippen LogP contribution in [0.2, 0.25) is 5.28 Å². The molecule has 0 spiro atoms. The quantitative estimate of drug-likeness (QED) is 0.764. The van der Waals surface area contributed by atoms with Crippen molar-refractivity contribution in [1.82, 2.24) is 15.0 Å². The maximum absolute atomic E-state index is 11.1. The maximum Gasteiger partial charge on any atom is 0.322 e. The number of hydrogen-bond donors (Lipinski definition) is 1. The van der Waals surface area contributed by atoms with E-state index in [1.165, 1.54) is 0 Å². The summed E-state index contributed by atoms with van der Waals surface area (Å²) in [6.45, 7) is 6.17. The second-order valence-electron chi connectivity index (χ2n) is 3.86. The Bertz CT molecular complexity index is 428. The number of nitrogens with one attached hydrogen (secondary N) is 1. The first kappa shape index (κ1) is 15.4. The van der Waals surface area contributed by atoms with E-state index in [9.17, 15) is 4.79 Å². The van der Waals surface area contributed by atoms with Crippen molar-refractivity contribution < 1.29 is 14.3 Å². The Balaban J connectivity index is 2.53. The standard InChI is InChI=1S/C11H17ClN4O3/c1-4-18-8(17)5-6-13-10-14-9(12)15-11(16-10)19-7(2)3/h7H,4-6H2,1-3H3,(H,13,14,15,16). The molecule has 0 bridgehead atoms. The van der Waals surface area contributed by atoms with Crippen LogP contribution in [0.5, 0.6) is 6.01 Å². The van der Waals surface area contributed by atoms with Crippen LogP contribution in [0.1, 0.15) is 27.2 Å². The zero-order chi connectivity index (χ0) is 14.3. The molecule has 1 N–H and O–H groups in total. The molecule has 0 unspecified atom stereocenters. The highest BCUT2D eigenvalue weighted by molar-refractivity contribution is 6.28. The summed E-state index contributed by atoms with van der Waals surface area (Å²) in [7, 11) is 0. The predicted octanol–water partition coefficient (Wildman–Crippen LogP) is 1.68. The molecule has 106 valence electrons. The van der Waals surface area contributed by atoms with Gasteiger partial charge < -0.3 is 14.8 Å². The molecule has 1 aromatic rings. The van der Waals surface area contributed by atoms with Gasteiger partial charge in [-0.2, -0.15) is 15.0 Å². The minimum absolute atomic E-state index is 0.0317. The number of rotatable bonds is 7. The highest BCUT2D eigenvalue weighted by Crippen LogP contribution is 2.12. The maximum atomic E-state index is 11.1. The summed E-state index contributed by atoms with van der Waals surface area (Å²) < 4.78 is 10.1. The van der Waals surface area contributed by atoms with Crippen LogP contribution >= 0.6 is 11.6 Å². The van der Waals surface area contributed by atoms with Gasteiger partial charge in [0.25, 0.3) is 0 Å². The average Bonchev–Trinajstić information content (AvgIpc) is 2.27. The Kier molecular flexibility index (Phi) is 6.27. The number of carbonyl (C=O) groups excluding carboxylic acids is 1. The Morgan fingerprint density at radius 3 is 2.74 bits per heavy atom. The van der Waals surface area contributed by atoms with E-state index in [1.807, 2.05) is 13.8 Å². The number of anilines is 1. The third-order valence-corrected chi connectivity index (χ3v) is 2.02. The highest BCUT2D eigenvalue weighted by atomic mass is 35.5. The summed E-state index contributed by atoms with van der Waals surface area (Å²) in [5.41, 5.74) is 0. The second-order valence-corrected chi connectivity index (χ2v) is 4.20. The summed E-state index contributed by atoms with van der Waals surface area (Å²) in [4.78, 5) is 22.9. The zero-order valence-corrected chi connectivity index (χ0v) is 11.9. The third kappa shape index (κ3) is 6.19. The van der Waals surface area contributed by atoms with Gasteiger partial charge in [-0.1, -0.05) is 0 Å². The molecule has 0 atom stereocenters. The van der Waals surface area contributed by atoms with Gasteiger partial charge in [-0.25, -0.2) is 0 Å². The van der Waals surface area contributed by atoms with Gasteiger partial charge in [0.05, 0.1) is 19.1 Å². The number of esters is 1. The normalized spacial score (nSPS) is 10.4. The lowest BCUT2D eigenvalue weighted by atomic mass is 10.4. The molecule has 1 aromatic heterocycles. The number of hydrogen-bond acceptors (Lipinski definition) is 7. The molecule has 19 heavy (non-hydrogen) atoms. The number of ether oxygens (including phenoxy) is 2. The molecule has 0 fully saturated rings. The molecule has 7 nitrogen and oxygen atoms in total. The zero-order valence-electron chi connectivity index (χ0n) is 11.1. The Morgan fingerprint density at radius 1 is 1.37 bits per heavy atom. The molecule has 0 aliphatic heterocycles. The molecule has 0 aliphatic carbocycles. The third-order valence-electron chi connectivity index (χ3n) is 1.85. The molecule has 0 aromatic carbocycles. The van der Waals surface area contributed by atoms with E-state index in [2.05, 4.69) is 20.3 Å². The summed E-state index contributed by atoms with van der Waals surface area (Å²) in [6.07, 6.45) is 0.156. The summed E-state index contributed by atoms with van der Waals surface area (Å²) >= 11 is 5.75. The van der Waals surface area contributed by atoms with E-state index in [-0.39, 0.29) is 35.7 Å². The fourth-order valence-electron chi connectivity index (χ4n) is 1.18. The fraction of sp³-hybridized carbons (Fsp3) is 0.636. The van der Waals surface area contributed by atoms with Crippen molar-refractivity contribution in [3.05, 3.63) is 5.28 Å². The largest absolute Gasteiger partial charge is 0.466 e. The summed E-state index contributed by atoms with van der Waals surface area (Å²) in [5.74, 6) is -0.0197. The van der Waals surface area contributed by atoms with E-state index in [1.54, 1.807) is 6.92 Å². The first-order chi connectivity index (χ1) is 9.01. The van der Waals surface area contributed by atoms with Gasteiger partial charge in [0.2, 0.25) is 11.2 Å². The van der Waals surface area contributed by atoms with E-state index in [4.69, 9.17) is 21.1 Å². The van der Waals surface area contributed by atoms with Gasteiger partial charge in [0, 0.05) is 6.54 Å². The molecular formula is C11H17ClN4O3. The van der Waals surface area contributed by atoms with Crippen LogP contribution in [0.25, 0.3) is 0 Å². The van der Waals surface area contributed by atoms with Crippen molar-refractivity contribution in [2.45, 2.75) is 33.3 Å². The summed E-state index contributed by atoms with van der Waals surface area (Å²) in [6, 6.07) is 0.147. The van der Waals surface area contributed by atoms with Gasteiger partial charge >= 0.3 is 12.0 Å². The monoisotopic (exact) mass is 288 g/mol. The lowest BCUT2D eigenvalue weighted by molar-refractivity contribution is -0.142. The molecule has 0 amide bonds. The van der Waals surface area contributed by atoms with Crippen molar-refractivity contribution in [2.75, 3.05) is 18.5 Å². The minimum atomic E-state index is -0.284. The molecule has 1 rings (SSSR count). The van der Waals surface area contributed by atoms with Crippen molar-refractivity contribution in [1.29, 1.82) is 0 Å². The second kappa shape index (κ2) is 7.73. The Labute approximate surface area is 116 Å². The van der Waals surface area contributed by atoms with Crippen LogP contribution in [0.4, 0.5) is 5.95 Å². The van der Waals surface area contributed by atoms with Gasteiger partial charge in [0.1, 0.15) is 0 Å². The van der Waals surface area contributed by atoms with Crippen molar-refractivity contribution >= 4 is 23.5 Å². The van der Waals surface area contributed by atoms with Crippen LogP contribution in [0.3, 0.4) is 0 Å². The van der Waals surface area contributed by atoms with Crippen LogP contribution in [-0.2, 0) is 9.53 Å². The van der Waals surface area contributed by atoms with Gasteiger partial charge in [-0.15, -0.1) is 0 Å². The van der Waals surface area contributed by atoms with E-state index < -0.39 is 0 Å². The smallest absolute Gasteiger partial charge is 0.322 e. The highest BCUT2D eigenvalue weighted by Gasteiger charge is 2.08. The van der Waals surface area contributed by atoms with Crippen molar-refractivity contribution in [3.8, 4) is 6.01 Å². The lowest BCUT2D eigenvalue weighted by Crippen LogP contribution is -2.14. The van der Waals surface area contributed by atoms with Crippen LogP contribution in [-0.4, -0.2) is 40.2 Å². The van der Waals surface area contributed by atoms with E-state index >= 15 is 0 Å². The van der Waals surface area contributed by atoms with Crippen molar-refractivity contribution in [2.24, 2.45) is 0 Å². The Morgan fingerprint density at radius 2 is 2.11 bits per heavy atom. The lowest BCUT2D eigenvalue weighted by Gasteiger charge is -2.09. The van der Waals surface area contributed by atoms with Crippen LogP contribution < -0.4 is 10.1 Å². The number of carbonyl (C=O) groups is 1. The minimum Gasteiger partial charge on any atom is -0.466 e. The topological polar surface area (TPSA) is 86.2 Å². The number of aromatic nitrogens is 3. The van der Waals surface area contributed by atoms with Gasteiger partial charge in [0.15, 0.2) is 0 Å². The number of halogens is 1. The van der Waals surface area contributed by atoms with Crippen molar-refractivity contribution in [3.63, 3.8) is 0 Å². The first-order valence-electron chi connectivity index (χ1n) is 5.99. The van der Waals surface area contributed by atoms with Gasteiger partial charge in [-0.3, -0.25) is 4.79 Å². The summed E-state index contributed by atoms with van der Waals surface area (Å²) in [5, 5.41) is 2.89. The average molecular weight is 289 g/mol. The number of nitrogens with zero attached hydrogens (tertiary/aromatic N) is 3. The SMILES string of the molecule is CCOC(=O)CCNc1nc(Cl)nc(OC(C)C)n1. The molecule has 0 saturated heterocycles. The molecule has 1 heterocycles. The first-order valence-corrected chi connectivity index (χ1v) is 6.36. The van der Waals surface area contributed by atoms with Gasteiger partial charge in [-0.05, 0) is 32.4 Å². The molecule has 8 heteroatoms. The van der Waals surface area contributed by atoms with E-state index in [0.717, 1.165) is 0 Å².